The molecule has 0 bridgehead atoms. The Hall–Kier alpha value is 0.430. The summed E-state index contributed by atoms with van der Waals surface area (Å²) in [6, 6.07) is 2.64. The molecule has 0 aliphatic heterocycles. The Morgan fingerprint density at radius 3 is 2.61 bits per heavy atom. The van der Waals surface area contributed by atoms with Crippen molar-refractivity contribution in [3.63, 3.8) is 0 Å². The number of hydrogen-bond donors (Lipinski definition) is 1. The molecule has 1 nitrogen and oxygen atoms in total. The zero-order valence-electron chi connectivity index (χ0n) is 11.1. The highest BCUT2D eigenvalue weighted by molar-refractivity contribution is 9.10. The Morgan fingerprint density at radius 2 is 2.11 bits per heavy atom. The van der Waals surface area contributed by atoms with Gasteiger partial charge in [0.1, 0.15) is 4.34 Å². The molecule has 0 spiro atoms. The van der Waals surface area contributed by atoms with Crippen molar-refractivity contribution in [3.8, 4) is 0 Å². The molecule has 1 aliphatic carbocycles. The van der Waals surface area contributed by atoms with Crippen molar-refractivity contribution in [2.45, 2.75) is 52.0 Å². The van der Waals surface area contributed by atoms with Crippen molar-refractivity contribution in [2.75, 3.05) is 6.54 Å². The zero-order chi connectivity index (χ0) is 13.2. The van der Waals surface area contributed by atoms with Gasteiger partial charge in [0.25, 0.3) is 0 Å². The fraction of sp³-hybridized carbons (Fsp3) is 0.714. The molecule has 1 saturated carbocycles. The maximum absolute atomic E-state index is 6.20. The molecular weight excluding hydrogens is 330 g/mol. The minimum atomic E-state index is 0.377. The molecule has 0 aromatic carbocycles. The zero-order valence-corrected chi connectivity index (χ0v) is 14.2. The van der Waals surface area contributed by atoms with Crippen molar-refractivity contribution >= 4 is 38.9 Å². The molecule has 1 heterocycles. The fourth-order valence-corrected chi connectivity index (χ4v) is 5.04. The van der Waals surface area contributed by atoms with E-state index in [1.165, 1.54) is 37.0 Å². The minimum Gasteiger partial charge on any atom is -0.309 e. The van der Waals surface area contributed by atoms with Crippen molar-refractivity contribution in [3.05, 3.63) is 19.8 Å². The van der Waals surface area contributed by atoms with E-state index in [1.54, 1.807) is 11.3 Å². The summed E-state index contributed by atoms with van der Waals surface area (Å²) < 4.78 is 1.90. The second-order valence-corrected chi connectivity index (χ2v) is 8.02. The summed E-state index contributed by atoms with van der Waals surface area (Å²) in [6.45, 7) is 5.62. The van der Waals surface area contributed by atoms with Crippen molar-refractivity contribution in [1.29, 1.82) is 0 Å². The van der Waals surface area contributed by atoms with Gasteiger partial charge in [0.05, 0.1) is 0 Å². The molecule has 1 N–H and O–H groups in total. The summed E-state index contributed by atoms with van der Waals surface area (Å²) in [5.74, 6) is 0. The van der Waals surface area contributed by atoms with Gasteiger partial charge in [-0.25, -0.2) is 0 Å². The molecule has 1 aromatic heterocycles. The first kappa shape index (κ1) is 14.8. The van der Waals surface area contributed by atoms with Crippen LogP contribution < -0.4 is 5.32 Å². The first-order valence-electron chi connectivity index (χ1n) is 6.75. The monoisotopic (exact) mass is 349 g/mol. The second kappa shape index (κ2) is 6.25. The molecule has 1 unspecified atom stereocenters. The van der Waals surface area contributed by atoms with E-state index in [4.69, 9.17) is 11.6 Å². The Labute approximate surface area is 127 Å². The number of halogens is 2. The maximum atomic E-state index is 6.20. The third-order valence-electron chi connectivity index (χ3n) is 4.05. The van der Waals surface area contributed by atoms with Crippen molar-refractivity contribution in [1.82, 2.24) is 5.32 Å². The lowest BCUT2D eigenvalue weighted by Crippen LogP contribution is -2.37. The standard InChI is InChI=1S/C14H21BrClNS/c1-3-17-12(11-9-10(15)13(16)18-11)14(2)7-5-4-6-8-14/h9,12,17H,3-8H2,1-2H3. The van der Waals surface area contributed by atoms with E-state index >= 15 is 0 Å². The van der Waals surface area contributed by atoms with Gasteiger partial charge in [-0.3, -0.25) is 0 Å². The number of rotatable bonds is 4. The van der Waals surface area contributed by atoms with Gasteiger partial charge in [-0.1, -0.05) is 44.7 Å². The topological polar surface area (TPSA) is 12.0 Å². The third kappa shape index (κ3) is 3.12. The van der Waals surface area contributed by atoms with Crippen molar-refractivity contribution < 1.29 is 0 Å². The van der Waals surface area contributed by atoms with Crippen LogP contribution in [0.4, 0.5) is 0 Å². The van der Waals surface area contributed by atoms with E-state index in [9.17, 15) is 0 Å². The van der Waals surface area contributed by atoms with E-state index in [2.05, 4.69) is 41.2 Å². The quantitative estimate of drug-likeness (QED) is 0.725. The predicted octanol–water partition coefficient (Wildman–Crippen LogP) is 5.79. The van der Waals surface area contributed by atoms with Crippen LogP contribution in [0.15, 0.2) is 10.5 Å². The van der Waals surface area contributed by atoms with Crippen LogP contribution in [-0.4, -0.2) is 6.54 Å². The molecule has 102 valence electrons. The van der Waals surface area contributed by atoms with Gasteiger partial charge in [0, 0.05) is 15.4 Å². The number of nitrogens with one attached hydrogen (secondary N) is 1. The van der Waals surface area contributed by atoms with Crippen LogP contribution in [-0.2, 0) is 0 Å². The molecule has 0 saturated heterocycles. The highest BCUT2D eigenvalue weighted by Crippen LogP contribution is 2.48. The summed E-state index contributed by atoms with van der Waals surface area (Å²) in [6.07, 6.45) is 6.75. The molecule has 0 amide bonds. The van der Waals surface area contributed by atoms with E-state index in [1.807, 2.05) is 0 Å². The molecule has 0 radical (unpaired) electrons. The number of thiophene rings is 1. The molecule has 18 heavy (non-hydrogen) atoms. The van der Waals surface area contributed by atoms with E-state index in [0.29, 0.717) is 11.5 Å². The van der Waals surface area contributed by atoms with Crippen LogP contribution in [0, 0.1) is 5.41 Å². The normalized spacial score (nSPS) is 20.9. The van der Waals surface area contributed by atoms with Crippen LogP contribution in [0.2, 0.25) is 4.34 Å². The van der Waals surface area contributed by atoms with E-state index < -0.39 is 0 Å². The molecule has 1 aromatic rings. The minimum absolute atomic E-state index is 0.377. The molecule has 2 rings (SSSR count). The summed E-state index contributed by atoms with van der Waals surface area (Å²) >= 11 is 11.4. The average molecular weight is 351 g/mol. The largest absolute Gasteiger partial charge is 0.309 e. The lowest BCUT2D eigenvalue weighted by Gasteiger charge is -2.40. The van der Waals surface area contributed by atoms with Gasteiger partial charge < -0.3 is 5.32 Å². The summed E-state index contributed by atoms with van der Waals surface area (Å²) in [4.78, 5) is 1.37. The average Bonchev–Trinajstić information content (AvgIpc) is 2.67. The first-order chi connectivity index (χ1) is 8.57. The van der Waals surface area contributed by atoms with Gasteiger partial charge in [0.2, 0.25) is 0 Å². The van der Waals surface area contributed by atoms with Gasteiger partial charge in [-0.05, 0) is 46.8 Å². The Bertz CT molecular complexity index is 379. The molecular formula is C14H21BrClNS. The van der Waals surface area contributed by atoms with Crippen molar-refractivity contribution in [2.24, 2.45) is 5.41 Å². The third-order valence-corrected chi connectivity index (χ3v) is 6.59. The van der Waals surface area contributed by atoms with Gasteiger partial charge in [0.15, 0.2) is 0 Å². The van der Waals surface area contributed by atoms with Crippen LogP contribution in [0.25, 0.3) is 0 Å². The highest BCUT2D eigenvalue weighted by atomic mass is 79.9. The molecule has 4 heteroatoms. The first-order valence-corrected chi connectivity index (χ1v) is 8.73. The Morgan fingerprint density at radius 1 is 1.44 bits per heavy atom. The fourth-order valence-electron chi connectivity index (χ4n) is 3.05. The van der Waals surface area contributed by atoms with E-state index in [-0.39, 0.29) is 0 Å². The SMILES string of the molecule is CCNC(c1cc(Br)c(Cl)s1)C1(C)CCCCC1. The molecule has 1 fully saturated rings. The van der Waals surface area contributed by atoms with E-state index in [0.717, 1.165) is 15.4 Å². The Balaban J connectivity index is 2.26. The lowest BCUT2D eigenvalue weighted by atomic mass is 9.70. The highest BCUT2D eigenvalue weighted by Gasteiger charge is 2.36. The summed E-state index contributed by atoms with van der Waals surface area (Å²) in [7, 11) is 0. The smallest absolute Gasteiger partial charge is 0.107 e. The van der Waals surface area contributed by atoms with Crippen LogP contribution in [0.1, 0.15) is 56.9 Å². The van der Waals surface area contributed by atoms with Crippen LogP contribution in [0.5, 0.6) is 0 Å². The number of hydrogen-bond acceptors (Lipinski definition) is 2. The predicted molar refractivity (Wildman–Crippen MR) is 84.6 cm³/mol. The van der Waals surface area contributed by atoms with Gasteiger partial charge in [-0.2, -0.15) is 0 Å². The Kier molecular flexibility index (Phi) is 5.15. The van der Waals surface area contributed by atoms with Gasteiger partial charge >= 0.3 is 0 Å². The van der Waals surface area contributed by atoms with Crippen LogP contribution >= 0.6 is 38.9 Å². The van der Waals surface area contributed by atoms with Crippen LogP contribution in [0.3, 0.4) is 0 Å². The van der Waals surface area contributed by atoms with Gasteiger partial charge in [-0.15, -0.1) is 11.3 Å². The second-order valence-electron chi connectivity index (χ2n) is 5.48. The molecule has 1 atom stereocenters. The summed E-state index contributed by atoms with van der Waals surface area (Å²) in [5, 5.41) is 3.68. The summed E-state index contributed by atoms with van der Waals surface area (Å²) in [5.41, 5.74) is 0.377. The maximum Gasteiger partial charge on any atom is 0.107 e. The molecule has 1 aliphatic rings. The lowest BCUT2D eigenvalue weighted by molar-refractivity contribution is 0.148.